The Morgan fingerprint density at radius 1 is 1.19 bits per heavy atom. The number of benzene rings is 1. The fourth-order valence-electron chi connectivity index (χ4n) is 1.99. The van der Waals surface area contributed by atoms with Crippen LogP contribution in [0.3, 0.4) is 0 Å². The van der Waals surface area contributed by atoms with Crippen molar-refractivity contribution in [2.75, 3.05) is 26.7 Å². The first kappa shape index (κ1) is 19.7. The highest BCUT2D eigenvalue weighted by atomic mass is 35.5. The highest BCUT2D eigenvalue weighted by Gasteiger charge is 2.10. The van der Waals surface area contributed by atoms with E-state index in [1.54, 1.807) is 7.11 Å². The van der Waals surface area contributed by atoms with Crippen molar-refractivity contribution in [2.45, 2.75) is 32.6 Å². The summed E-state index contributed by atoms with van der Waals surface area (Å²) in [7, 11) is 1.65. The Kier molecular flexibility index (Phi) is 10.7. The molecule has 1 aromatic rings. The normalized spacial score (nSPS) is 11.4. The summed E-state index contributed by atoms with van der Waals surface area (Å²) < 4.78 is 5.13. The molecule has 0 saturated heterocycles. The molecule has 4 nitrogen and oxygen atoms in total. The smallest absolute Gasteiger partial charge is 0.220 e. The quantitative estimate of drug-likeness (QED) is 0.689. The Labute approximate surface area is 134 Å². The Morgan fingerprint density at radius 2 is 1.86 bits per heavy atom. The molecule has 5 heteroatoms. The van der Waals surface area contributed by atoms with Crippen LogP contribution < -0.4 is 15.4 Å². The molecule has 0 bridgehead atoms. The zero-order valence-corrected chi connectivity index (χ0v) is 14.0. The van der Waals surface area contributed by atoms with Gasteiger partial charge in [-0.2, -0.15) is 0 Å². The van der Waals surface area contributed by atoms with E-state index in [2.05, 4.69) is 24.5 Å². The van der Waals surface area contributed by atoms with Crippen LogP contribution in [0.4, 0.5) is 0 Å². The van der Waals surface area contributed by atoms with Crippen molar-refractivity contribution in [1.29, 1.82) is 0 Å². The molecule has 0 aliphatic heterocycles. The highest BCUT2D eigenvalue weighted by molar-refractivity contribution is 5.85. The van der Waals surface area contributed by atoms with Crippen LogP contribution in [0.25, 0.3) is 0 Å². The van der Waals surface area contributed by atoms with Gasteiger partial charge < -0.3 is 15.4 Å². The summed E-state index contributed by atoms with van der Waals surface area (Å²) in [6, 6.07) is 7.88. The second-order valence-corrected chi connectivity index (χ2v) is 4.98. The van der Waals surface area contributed by atoms with Gasteiger partial charge in [0.1, 0.15) is 5.75 Å². The van der Waals surface area contributed by atoms with Crippen LogP contribution in [0.2, 0.25) is 0 Å². The molecule has 0 aromatic heterocycles. The second kappa shape index (κ2) is 11.4. The highest BCUT2D eigenvalue weighted by Crippen LogP contribution is 2.21. The topological polar surface area (TPSA) is 50.4 Å². The van der Waals surface area contributed by atoms with Crippen LogP contribution in [0.5, 0.6) is 5.75 Å². The first-order chi connectivity index (χ1) is 9.67. The molecule has 1 amide bonds. The lowest BCUT2D eigenvalue weighted by atomic mass is 9.97. The van der Waals surface area contributed by atoms with E-state index >= 15 is 0 Å². The number of hydrogen-bond donors (Lipinski definition) is 2. The maximum absolute atomic E-state index is 11.8. The molecule has 0 aliphatic carbocycles. The average molecular weight is 315 g/mol. The predicted octanol–water partition coefficient (Wildman–Crippen LogP) is 2.73. The number of carbonyl (C=O) groups is 1. The summed E-state index contributed by atoms with van der Waals surface area (Å²) in [4.78, 5) is 11.8. The van der Waals surface area contributed by atoms with Crippen LogP contribution in [0, 0.1) is 0 Å². The van der Waals surface area contributed by atoms with Gasteiger partial charge in [-0.25, -0.2) is 0 Å². The van der Waals surface area contributed by atoms with Gasteiger partial charge in [0.05, 0.1) is 7.11 Å². The average Bonchev–Trinajstić information content (AvgIpc) is 2.47. The van der Waals surface area contributed by atoms with Gasteiger partial charge in [-0.1, -0.05) is 26.0 Å². The lowest BCUT2D eigenvalue weighted by Crippen LogP contribution is -2.32. The molecule has 0 heterocycles. The van der Waals surface area contributed by atoms with Gasteiger partial charge >= 0.3 is 0 Å². The van der Waals surface area contributed by atoms with E-state index in [1.807, 2.05) is 24.3 Å². The molecule has 1 atom stereocenters. The maximum atomic E-state index is 11.8. The van der Waals surface area contributed by atoms with Crippen molar-refractivity contribution in [3.05, 3.63) is 29.8 Å². The van der Waals surface area contributed by atoms with Crippen molar-refractivity contribution in [1.82, 2.24) is 10.6 Å². The molecule has 120 valence electrons. The number of ether oxygens (including phenoxy) is 1. The summed E-state index contributed by atoms with van der Waals surface area (Å²) in [5, 5.41) is 6.20. The lowest BCUT2D eigenvalue weighted by molar-refractivity contribution is -0.121. The van der Waals surface area contributed by atoms with Gasteiger partial charge in [-0.3, -0.25) is 4.79 Å². The largest absolute Gasteiger partial charge is 0.497 e. The van der Waals surface area contributed by atoms with Crippen molar-refractivity contribution < 1.29 is 9.53 Å². The molecule has 1 aromatic carbocycles. The monoisotopic (exact) mass is 314 g/mol. The Balaban J connectivity index is 0.00000400. The standard InChI is InChI=1S/C16H26N2O2.ClH/c1-4-9-17-10-11-18-16(19)12-13(2)14-5-7-15(20-3)8-6-14;/h5-8,13,17H,4,9-12H2,1-3H3,(H,18,19);1H. The minimum Gasteiger partial charge on any atom is -0.497 e. The predicted molar refractivity (Wildman–Crippen MR) is 89.4 cm³/mol. The third-order valence-electron chi connectivity index (χ3n) is 3.23. The van der Waals surface area contributed by atoms with Crippen LogP contribution in [-0.2, 0) is 4.79 Å². The van der Waals surface area contributed by atoms with Crippen LogP contribution >= 0.6 is 12.4 Å². The Morgan fingerprint density at radius 3 is 2.43 bits per heavy atom. The minimum atomic E-state index is 0. The number of carbonyl (C=O) groups excluding carboxylic acids is 1. The zero-order chi connectivity index (χ0) is 14.8. The number of hydrogen-bond acceptors (Lipinski definition) is 3. The summed E-state index contributed by atoms with van der Waals surface area (Å²) in [5.41, 5.74) is 1.16. The van der Waals surface area contributed by atoms with E-state index in [9.17, 15) is 4.79 Å². The van der Waals surface area contributed by atoms with E-state index in [0.29, 0.717) is 13.0 Å². The molecule has 2 N–H and O–H groups in total. The molecular weight excluding hydrogens is 288 g/mol. The molecule has 0 fully saturated rings. The molecule has 1 unspecified atom stereocenters. The third-order valence-corrected chi connectivity index (χ3v) is 3.23. The molecule has 1 rings (SSSR count). The van der Waals surface area contributed by atoms with Gasteiger partial charge in [0.15, 0.2) is 0 Å². The Hall–Kier alpha value is -1.26. The summed E-state index contributed by atoms with van der Waals surface area (Å²) in [6.07, 6.45) is 1.63. The second-order valence-electron chi connectivity index (χ2n) is 4.98. The van der Waals surface area contributed by atoms with E-state index in [4.69, 9.17) is 4.74 Å². The molecule has 0 saturated carbocycles. The van der Waals surface area contributed by atoms with Gasteiger partial charge in [0.2, 0.25) is 5.91 Å². The third kappa shape index (κ3) is 7.93. The SMILES string of the molecule is CCCNCCNC(=O)CC(C)c1ccc(OC)cc1.Cl. The minimum absolute atomic E-state index is 0. The number of halogens is 1. The lowest BCUT2D eigenvalue weighted by Gasteiger charge is -2.13. The number of methoxy groups -OCH3 is 1. The molecule has 0 aliphatic rings. The van der Waals surface area contributed by atoms with E-state index < -0.39 is 0 Å². The first-order valence-corrected chi connectivity index (χ1v) is 7.28. The van der Waals surface area contributed by atoms with E-state index in [1.165, 1.54) is 0 Å². The molecular formula is C16H27ClN2O2. The van der Waals surface area contributed by atoms with Crippen LogP contribution in [-0.4, -0.2) is 32.7 Å². The van der Waals surface area contributed by atoms with Crippen molar-refractivity contribution in [2.24, 2.45) is 0 Å². The maximum Gasteiger partial charge on any atom is 0.220 e. The van der Waals surface area contributed by atoms with Gasteiger partial charge in [-0.15, -0.1) is 12.4 Å². The Bertz CT molecular complexity index is 396. The van der Waals surface area contributed by atoms with Gasteiger partial charge in [-0.05, 0) is 36.6 Å². The summed E-state index contributed by atoms with van der Waals surface area (Å²) in [5.74, 6) is 1.16. The van der Waals surface area contributed by atoms with E-state index in [0.717, 1.165) is 30.8 Å². The van der Waals surface area contributed by atoms with E-state index in [-0.39, 0.29) is 24.2 Å². The van der Waals surface area contributed by atoms with Gasteiger partial charge in [0.25, 0.3) is 0 Å². The molecule has 0 spiro atoms. The first-order valence-electron chi connectivity index (χ1n) is 7.28. The molecule has 0 radical (unpaired) electrons. The fourth-order valence-corrected chi connectivity index (χ4v) is 1.99. The van der Waals surface area contributed by atoms with Crippen LogP contribution in [0.15, 0.2) is 24.3 Å². The zero-order valence-electron chi connectivity index (χ0n) is 13.1. The van der Waals surface area contributed by atoms with Crippen molar-refractivity contribution >= 4 is 18.3 Å². The number of amides is 1. The molecule has 21 heavy (non-hydrogen) atoms. The summed E-state index contributed by atoms with van der Waals surface area (Å²) >= 11 is 0. The van der Waals surface area contributed by atoms with Gasteiger partial charge in [0, 0.05) is 19.5 Å². The summed E-state index contributed by atoms with van der Waals surface area (Å²) in [6.45, 7) is 6.71. The van der Waals surface area contributed by atoms with Crippen molar-refractivity contribution in [3.63, 3.8) is 0 Å². The fraction of sp³-hybridized carbons (Fsp3) is 0.562. The number of rotatable bonds is 9. The van der Waals surface area contributed by atoms with Crippen LogP contribution in [0.1, 0.15) is 38.2 Å². The van der Waals surface area contributed by atoms with Crippen molar-refractivity contribution in [3.8, 4) is 5.75 Å². The number of nitrogens with one attached hydrogen (secondary N) is 2.